The molecule has 102 valence electrons. The van der Waals surface area contributed by atoms with Crippen LogP contribution in [0.15, 0.2) is 12.2 Å². The predicted octanol–water partition coefficient (Wildman–Crippen LogP) is 3.14. The number of allylic oxidation sites excluding steroid dienone is 2. The number of rotatable bonds is 2. The van der Waals surface area contributed by atoms with Crippen LogP contribution in [0, 0.1) is 11.8 Å². The second kappa shape index (κ2) is 5.33. The molecular weight excluding hydrogens is 243 g/mol. The first-order chi connectivity index (χ1) is 8.47. The van der Waals surface area contributed by atoms with E-state index in [2.05, 4.69) is 0 Å². The third kappa shape index (κ3) is 3.27. The van der Waals surface area contributed by atoms with Gasteiger partial charge >= 0.3 is 6.18 Å². The second-order valence-electron chi connectivity index (χ2n) is 5.19. The van der Waals surface area contributed by atoms with Crippen molar-refractivity contribution in [2.45, 2.75) is 38.3 Å². The molecule has 0 radical (unpaired) electrons. The predicted molar refractivity (Wildman–Crippen MR) is 61.8 cm³/mol. The molecule has 1 aliphatic heterocycles. The summed E-state index contributed by atoms with van der Waals surface area (Å²) < 4.78 is 37.9. The summed E-state index contributed by atoms with van der Waals surface area (Å²) in [7, 11) is 0. The number of hydrogen-bond donors (Lipinski definition) is 0. The number of carbonyl (C=O) groups excluding carboxylic acids is 1. The molecule has 1 fully saturated rings. The molecule has 0 spiro atoms. The van der Waals surface area contributed by atoms with E-state index in [0.717, 1.165) is 12.8 Å². The van der Waals surface area contributed by atoms with Gasteiger partial charge in [-0.15, -0.1) is 0 Å². The lowest BCUT2D eigenvalue weighted by Gasteiger charge is -2.34. The van der Waals surface area contributed by atoms with Crippen LogP contribution in [-0.2, 0) is 4.79 Å². The summed E-state index contributed by atoms with van der Waals surface area (Å²) in [5, 5.41) is 0. The van der Waals surface area contributed by atoms with Gasteiger partial charge in [0.2, 0.25) is 5.91 Å². The van der Waals surface area contributed by atoms with Crippen LogP contribution >= 0.6 is 0 Å². The zero-order valence-electron chi connectivity index (χ0n) is 10.2. The average molecular weight is 261 g/mol. The summed E-state index contributed by atoms with van der Waals surface area (Å²) in [6, 6.07) is 0. The molecule has 1 amide bonds. The maximum absolute atomic E-state index is 12.6. The van der Waals surface area contributed by atoms with E-state index < -0.39 is 12.1 Å². The first kappa shape index (κ1) is 13.4. The minimum absolute atomic E-state index is 0.125. The molecule has 1 aliphatic carbocycles. The lowest BCUT2D eigenvalue weighted by Crippen LogP contribution is -2.44. The molecule has 2 atom stereocenters. The van der Waals surface area contributed by atoms with Crippen molar-refractivity contribution in [2.24, 2.45) is 11.8 Å². The number of piperidine rings is 1. The van der Waals surface area contributed by atoms with Crippen LogP contribution in [0.25, 0.3) is 0 Å². The fourth-order valence-electron chi connectivity index (χ4n) is 2.69. The average Bonchev–Trinajstić information content (AvgIpc) is 2.81. The molecule has 0 saturated carbocycles. The minimum atomic E-state index is -4.17. The molecule has 18 heavy (non-hydrogen) atoms. The van der Waals surface area contributed by atoms with Crippen LogP contribution < -0.4 is 0 Å². The molecule has 2 aliphatic rings. The van der Waals surface area contributed by atoms with Crippen LogP contribution in [0.1, 0.15) is 32.1 Å². The molecule has 0 aromatic rings. The van der Waals surface area contributed by atoms with E-state index in [1.54, 1.807) is 0 Å². The Bertz CT molecular complexity index is 338. The zero-order valence-corrected chi connectivity index (χ0v) is 10.2. The van der Waals surface area contributed by atoms with Crippen molar-refractivity contribution >= 4 is 5.91 Å². The van der Waals surface area contributed by atoms with Crippen molar-refractivity contribution < 1.29 is 18.0 Å². The summed E-state index contributed by atoms with van der Waals surface area (Å²) in [6.07, 6.45) is 2.75. The fourth-order valence-corrected chi connectivity index (χ4v) is 2.69. The van der Waals surface area contributed by atoms with Gasteiger partial charge in [0.1, 0.15) is 0 Å². The fraction of sp³-hybridized carbons (Fsp3) is 0.769. The number of amides is 1. The van der Waals surface area contributed by atoms with Gasteiger partial charge in [-0.3, -0.25) is 4.79 Å². The monoisotopic (exact) mass is 261 g/mol. The first-order valence-corrected chi connectivity index (χ1v) is 6.48. The second-order valence-corrected chi connectivity index (χ2v) is 5.19. The third-order valence-corrected chi connectivity index (χ3v) is 3.79. The smallest absolute Gasteiger partial charge is 0.342 e. The van der Waals surface area contributed by atoms with Gasteiger partial charge in [-0.25, -0.2) is 0 Å². The summed E-state index contributed by atoms with van der Waals surface area (Å²) in [4.78, 5) is 13.3. The lowest BCUT2D eigenvalue weighted by atomic mass is 9.96. The number of alkyl halides is 3. The topological polar surface area (TPSA) is 20.3 Å². The molecule has 0 aromatic heterocycles. The highest BCUT2D eigenvalue weighted by Gasteiger charge is 2.42. The van der Waals surface area contributed by atoms with E-state index in [9.17, 15) is 18.0 Å². The SMILES string of the molecule is O=C(C[C@@H]1C=CCC1)N1CCC[C@@H](C(F)(F)F)C1. The van der Waals surface area contributed by atoms with Crippen LogP contribution in [0.3, 0.4) is 0 Å². The zero-order chi connectivity index (χ0) is 13.2. The Morgan fingerprint density at radius 3 is 2.72 bits per heavy atom. The first-order valence-electron chi connectivity index (χ1n) is 6.48. The number of halogens is 3. The molecule has 0 aromatic carbocycles. The molecule has 2 rings (SSSR count). The Hall–Kier alpha value is -1.00. The summed E-state index contributed by atoms with van der Waals surface area (Å²) in [5.74, 6) is -1.24. The van der Waals surface area contributed by atoms with Gasteiger partial charge in [-0.1, -0.05) is 12.2 Å². The molecule has 2 nitrogen and oxygen atoms in total. The van der Waals surface area contributed by atoms with Crippen molar-refractivity contribution in [3.8, 4) is 0 Å². The number of likely N-dealkylation sites (tertiary alicyclic amines) is 1. The van der Waals surface area contributed by atoms with Crippen LogP contribution in [-0.4, -0.2) is 30.1 Å². The van der Waals surface area contributed by atoms with Crippen molar-refractivity contribution in [1.29, 1.82) is 0 Å². The molecule has 1 heterocycles. The quantitative estimate of drug-likeness (QED) is 0.699. The van der Waals surface area contributed by atoms with E-state index >= 15 is 0 Å². The minimum Gasteiger partial charge on any atom is -0.342 e. The Labute approximate surface area is 105 Å². The summed E-state index contributed by atoms with van der Waals surface area (Å²) in [6.45, 7) is 0.320. The van der Waals surface area contributed by atoms with E-state index in [0.29, 0.717) is 19.4 Å². The highest BCUT2D eigenvalue weighted by molar-refractivity contribution is 5.76. The van der Waals surface area contributed by atoms with Crippen molar-refractivity contribution in [3.63, 3.8) is 0 Å². The van der Waals surface area contributed by atoms with Gasteiger partial charge in [0.15, 0.2) is 0 Å². The maximum Gasteiger partial charge on any atom is 0.393 e. The molecular formula is C13H18F3NO. The highest BCUT2D eigenvalue weighted by atomic mass is 19.4. The Balaban J connectivity index is 1.88. The largest absolute Gasteiger partial charge is 0.393 e. The number of hydrogen-bond acceptors (Lipinski definition) is 1. The van der Waals surface area contributed by atoms with Crippen molar-refractivity contribution in [1.82, 2.24) is 4.90 Å². The normalized spacial score (nSPS) is 28.7. The van der Waals surface area contributed by atoms with Gasteiger partial charge in [0.05, 0.1) is 5.92 Å². The van der Waals surface area contributed by atoms with Crippen LogP contribution in [0.4, 0.5) is 13.2 Å². The van der Waals surface area contributed by atoms with Crippen molar-refractivity contribution in [3.05, 3.63) is 12.2 Å². The van der Waals surface area contributed by atoms with E-state index in [-0.39, 0.29) is 24.8 Å². The maximum atomic E-state index is 12.6. The van der Waals surface area contributed by atoms with E-state index in [1.807, 2.05) is 12.2 Å². The van der Waals surface area contributed by atoms with E-state index in [4.69, 9.17) is 0 Å². The van der Waals surface area contributed by atoms with Crippen molar-refractivity contribution in [2.75, 3.05) is 13.1 Å². The van der Waals surface area contributed by atoms with E-state index in [1.165, 1.54) is 4.90 Å². The molecule has 5 heteroatoms. The van der Waals surface area contributed by atoms with Gasteiger partial charge < -0.3 is 4.90 Å². The number of carbonyl (C=O) groups is 1. The van der Waals surface area contributed by atoms with Gasteiger partial charge in [0, 0.05) is 19.5 Å². The highest BCUT2D eigenvalue weighted by Crippen LogP contribution is 2.33. The van der Waals surface area contributed by atoms with Gasteiger partial charge in [-0.05, 0) is 31.6 Å². The van der Waals surface area contributed by atoms with Crippen LogP contribution in [0.2, 0.25) is 0 Å². The van der Waals surface area contributed by atoms with Crippen LogP contribution in [0.5, 0.6) is 0 Å². The Morgan fingerprint density at radius 1 is 1.33 bits per heavy atom. The summed E-state index contributed by atoms with van der Waals surface area (Å²) in [5.41, 5.74) is 0. The molecule has 1 saturated heterocycles. The summed E-state index contributed by atoms with van der Waals surface area (Å²) >= 11 is 0. The molecule has 0 bridgehead atoms. The Morgan fingerprint density at radius 2 is 2.11 bits per heavy atom. The molecule has 0 N–H and O–H groups in total. The Kier molecular flexibility index (Phi) is 3.97. The van der Waals surface area contributed by atoms with Gasteiger partial charge in [-0.2, -0.15) is 13.2 Å². The van der Waals surface area contributed by atoms with Gasteiger partial charge in [0.25, 0.3) is 0 Å². The standard InChI is InChI=1S/C13H18F3NO/c14-13(15,16)11-6-3-7-17(9-11)12(18)8-10-4-1-2-5-10/h1,4,10-11H,2-3,5-9H2/t10-,11-/m1/s1. The number of nitrogens with zero attached hydrogens (tertiary/aromatic N) is 1. The molecule has 0 unspecified atom stereocenters. The lowest BCUT2D eigenvalue weighted by molar-refractivity contribution is -0.188. The third-order valence-electron chi connectivity index (χ3n) is 3.79.